The number of nitrogens with zero attached hydrogens (tertiary/aromatic N) is 4. The summed E-state index contributed by atoms with van der Waals surface area (Å²) in [5.74, 6) is 2.41. The molecule has 1 aliphatic carbocycles. The van der Waals surface area contributed by atoms with Crippen LogP contribution in [-0.4, -0.2) is 52.2 Å². The molecule has 1 aliphatic heterocycles. The number of fused-ring (bicyclic) bond motifs is 1. The maximum atomic E-state index is 12.7. The van der Waals surface area contributed by atoms with E-state index in [2.05, 4.69) is 21.2 Å². The standard InChI is InChI=1S/C22H26N4O3S/c27-21(8-7-20-23-17-3-1-2-4-18(17)30-20)26-11-9-16(13-26)22-24-19(25-29-22)10-12-28-14-15-5-6-15/h1-4,15-16H,5-14H2. The predicted octanol–water partition coefficient (Wildman–Crippen LogP) is 3.60. The lowest BCUT2D eigenvalue weighted by molar-refractivity contribution is -0.130. The highest BCUT2D eigenvalue weighted by Gasteiger charge is 2.31. The second kappa shape index (κ2) is 8.81. The van der Waals surface area contributed by atoms with Gasteiger partial charge in [0.15, 0.2) is 5.82 Å². The van der Waals surface area contributed by atoms with E-state index in [4.69, 9.17) is 9.26 Å². The van der Waals surface area contributed by atoms with Crippen molar-refractivity contribution < 1.29 is 14.1 Å². The van der Waals surface area contributed by atoms with E-state index in [1.807, 2.05) is 23.1 Å². The number of ether oxygens (including phenoxy) is 1. The van der Waals surface area contributed by atoms with E-state index in [0.717, 1.165) is 36.0 Å². The van der Waals surface area contributed by atoms with E-state index in [1.165, 1.54) is 17.5 Å². The lowest BCUT2D eigenvalue weighted by atomic mass is 10.1. The van der Waals surface area contributed by atoms with Crippen molar-refractivity contribution >= 4 is 27.5 Å². The lowest BCUT2D eigenvalue weighted by Crippen LogP contribution is -2.28. The van der Waals surface area contributed by atoms with Crippen molar-refractivity contribution in [3.05, 3.63) is 41.0 Å². The number of para-hydroxylation sites is 1. The number of carbonyl (C=O) groups excluding carboxylic acids is 1. The van der Waals surface area contributed by atoms with Crippen LogP contribution in [0.2, 0.25) is 0 Å². The van der Waals surface area contributed by atoms with Crippen LogP contribution in [0.1, 0.15) is 48.3 Å². The predicted molar refractivity (Wildman–Crippen MR) is 113 cm³/mol. The summed E-state index contributed by atoms with van der Waals surface area (Å²) in [6, 6.07) is 8.09. The molecule has 1 saturated heterocycles. The summed E-state index contributed by atoms with van der Waals surface area (Å²) >= 11 is 1.67. The normalized spacial score (nSPS) is 19.1. The molecular weight excluding hydrogens is 400 g/mol. The zero-order chi connectivity index (χ0) is 20.3. The average molecular weight is 427 g/mol. The van der Waals surface area contributed by atoms with Crippen LogP contribution < -0.4 is 0 Å². The second-order valence-electron chi connectivity index (χ2n) is 8.22. The zero-order valence-corrected chi connectivity index (χ0v) is 17.8. The minimum atomic E-state index is 0.130. The summed E-state index contributed by atoms with van der Waals surface area (Å²) in [5.41, 5.74) is 1.01. The smallest absolute Gasteiger partial charge is 0.231 e. The number of benzene rings is 1. The van der Waals surface area contributed by atoms with Crippen molar-refractivity contribution in [3.63, 3.8) is 0 Å². The Balaban J connectivity index is 1.08. The molecule has 158 valence electrons. The molecule has 2 fully saturated rings. The fourth-order valence-electron chi connectivity index (χ4n) is 3.82. The van der Waals surface area contributed by atoms with E-state index in [0.29, 0.717) is 44.1 Å². The van der Waals surface area contributed by atoms with Gasteiger partial charge in [0.1, 0.15) is 0 Å². The van der Waals surface area contributed by atoms with E-state index in [1.54, 1.807) is 11.3 Å². The lowest BCUT2D eigenvalue weighted by Gasteiger charge is -2.15. The Bertz CT molecular complexity index is 980. The van der Waals surface area contributed by atoms with Gasteiger partial charge in [-0.2, -0.15) is 4.98 Å². The van der Waals surface area contributed by atoms with Crippen LogP contribution in [0, 0.1) is 5.92 Å². The number of hydrogen-bond acceptors (Lipinski definition) is 7. The van der Waals surface area contributed by atoms with Crippen molar-refractivity contribution in [1.82, 2.24) is 20.0 Å². The Hall–Kier alpha value is -2.32. The minimum Gasteiger partial charge on any atom is -0.381 e. The summed E-state index contributed by atoms with van der Waals surface area (Å²) in [6.45, 7) is 2.88. The Labute approximate surface area is 179 Å². The summed E-state index contributed by atoms with van der Waals surface area (Å²) in [6.07, 6.45) is 5.30. The number of thiazole rings is 1. The Morgan fingerprint density at radius 2 is 2.10 bits per heavy atom. The van der Waals surface area contributed by atoms with Crippen LogP contribution in [0.3, 0.4) is 0 Å². The average Bonchev–Trinajstić information content (AvgIpc) is 3.15. The molecule has 3 aromatic rings. The molecule has 8 heteroatoms. The Kier molecular flexibility index (Phi) is 5.77. The highest BCUT2D eigenvalue weighted by molar-refractivity contribution is 7.18. The van der Waals surface area contributed by atoms with E-state index >= 15 is 0 Å². The number of likely N-dealkylation sites (tertiary alicyclic amines) is 1. The first kappa shape index (κ1) is 19.6. The van der Waals surface area contributed by atoms with Crippen molar-refractivity contribution in [3.8, 4) is 0 Å². The van der Waals surface area contributed by atoms with Crippen LogP contribution in [-0.2, 0) is 22.4 Å². The van der Waals surface area contributed by atoms with Gasteiger partial charge in [-0.05, 0) is 37.3 Å². The summed E-state index contributed by atoms with van der Waals surface area (Å²) in [4.78, 5) is 23.7. The summed E-state index contributed by atoms with van der Waals surface area (Å²) < 4.78 is 12.3. The Morgan fingerprint density at radius 1 is 1.20 bits per heavy atom. The molecule has 0 bridgehead atoms. The number of hydrogen-bond donors (Lipinski definition) is 0. The molecule has 0 radical (unpaired) electrons. The number of carbonyl (C=O) groups is 1. The zero-order valence-electron chi connectivity index (χ0n) is 17.0. The van der Waals surface area contributed by atoms with Crippen molar-refractivity contribution in [1.29, 1.82) is 0 Å². The van der Waals surface area contributed by atoms with Crippen molar-refractivity contribution in [2.24, 2.45) is 5.92 Å². The van der Waals surface area contributed by atoms with Crippen molar-refractivity contribution in [2.45, 2.75) is 44.4 Å². The van der Waals surface area contributed by atoms with Gasteiger partial charge in [-0.25, -0.2) is 4.98 Å². The van der Waals surface area contributed by atoms with Gasteiger partial charge in [0, 0.05) is 39.0 Å². The molecule has 0 N–H and O–H groups in total. The fourth-order valence-corrected chi connectivity index (χ4v) is 4.79. The molecule has 5 rings (SSSR count). The third kappa shape index (κ3) is 4.70. The first-order chi connectivity index (χ1) is 14.7. The van der Waals surface area contributed by atoms with Gasteiger partial charge in [-0.1, -0.05) is 17.3 Å². The third-order valence-corrected chi connectivity index (χ3v) is 6.88. The molecule has 1 saturated carbocycles. The molecule has 3 heterocycles. The van der Waals surface area contributed by atoms with Gasteiger partial charge in [0.2, 0.25) is 11.8 Å². The van der Waals surface area contributed by atoms with Crippen molar-refractivity contribution in [2.75, 3.05) is 26.3 Å². The maximum Gasteiger partial charge on any atom is 0.231 e. The number of aromatic nitrogens is 3. The number of rotatable bonds is 9. The molecule has 2 aromatic heterocycles. The summed E-state index contributed by atoms with van der Waals surface area (Å²) in [7, 11) is 0. The highest BCUT2D eigenvalue weighted by atomic mass is 32.1. The van der Waals surface area contributed by atoms with Crippen LogP contribution in [0.5, 0.6) is 0 Å². The Morgan fingerprint density at radius 3 is 2.97 bits per heavy atom. The van der Waals surface area contributed by atoms with Crippen LogP contribution >= 0.6 is 11.3 Å². The van der Waals surface area contributed by atoms with Gasteiger partial charge in [0.05, 0.1) is 27.7 Å². The van der Waals surface area contributed by atoms with E-state index in [9.17, 15) is 4.79 Å². The fraction of sp³-hybridized carbons (Fsp3) is 0.545. The molecule has 1 unspecified atom stereocenters. The number of aryl methyl sites for hydroxylation is 1. The van der Waals surface area contributed by atoms with Gasteiger partial charge < -0.3 is 14.2 Å². The largest absolute Gasteiger partial charge is 0.381 e. The third-order valence-electron chi connectivity index (χ3n) is 5.79. The van der Waals surface area contributed by atoms with Crippen LogP contribution in [0.15, 0.2) is 28.8 Å². The molecule has 1 atom stereocenters. The SMILES string of the molecule is O=C(CCc1nc2ccccc2s1)N1CCC(c2nc(CCOCC3CC3)no2)C1. The molecular formula is C22H26N4O3S. The van der Waals surface area contributed by atoms with Gasteiger partial charge in [-0.3, -0.25) is 4.79 Å². The highest BCUT2D eigenvalue weighted by Crippen LogP contribution is 2.29. The first-order valence-corrected chi connectivity index (χ1v) is 11.6. The monoisotopic (exact) mass is 426 g/mol. The molecule has 7 nitrogen and oxygen atoms in total. The molecule has 1 aromatic carbocycles. The number of amides is 1. The summed E-state index contributed by atoms with van der Waals surface area (Å²) in [5, 5.41) is 5.10. The van der Waals surface area contributed by atoms with Gasteiger partial charge >= 0.3 is 0 Å². The molecule has 1 amide bonds. The van der Waals surface area contributed by atoms with Gasteiger partial charge in [-0.15, -0.1) is 11.3 Å². The molecule has 0 spiro atoms. The first-order valence-electron chi connectivity index (χ1n) is 10.8. The molecule has 2 aliphatic rings. The van der Waals surface area contributed by atoms with E-state index in [-0.39, 0.29) is 11.8 Å². The van der Waals surface area contributed by atoms with Crippen LogP contribution in [0.4, 0.5) is 0 Å². The molecule has 30 heavy (non-hydrogen) atoms. The minimum absolute atomic E-state index is 0.130. The van der Waals surface area contributed by atoms with Gasteiger partial charge in [0.25, 0.3) is 0 Å². The second-order valence-corrected chi connectivity index (χ2v) is 9.33. The topological polar surface area (TPSA) is 81.4 Å². The quantitative estimate of drug-likeness (QED) is 0.486. The maximum absolute atomic E-state index is 12.7. The van der Waals surface area contributed by atoms with E-state index < -0.39 is 0 Å². The van der Waals surface area contributed by atoms with Crippen LogP contribution in [0.25, 0.3) is 10.2 Å².